The lowest BCUT2D eigenvalue weighted by Gasteiger charge is -2.37. The molecule has 2 aliphatic carbocycles. The zero-order chi connectivity index (χ0) is 20.3. The van der Waals surface area contributed by atoms with Gasteiger partial charge in [0, 0.05) is 0 Å². The van der Waals surface area contributed by atoms with Crippen LogP contribution in [0.25, 0.3) is 0 Å². The highest BCUT2D eigenvalue weighted by Gasteiger charge is 2.30. The van der Waals surface area contributed by atoms with E-state index in [1.54, 1.807) is 10.8 Å². The van der Waals surface area contributed by atoms with E-state index in [1.165, 1.54) is 76.7 Å². The average molecular weight is 409 g/mol. The fraction of sp³-hybridized carbons (Fsp3) is 0.643. The summed E-state index contributed by atoms with van der Waals surface area (Å²) < 4.78 is 0. The van der Waals surface area contributed by atoms with Gasteiger partial charge in [-0.25, -0.2) is 0 Å². The Morgan fingerprint density at radius 2 is 1.55 bits per heavy atom. The van der Waals surface area contributed by atoms with E-state index >= 15 is 0 Å². The summed E-state index contributed by atoms with van der Waals surface area (Å²) in [4.78, 5) is 0. The summed E-state index contributed by atoms with van der Waals surface area (Å²) in [5, 5.41) is 1.67. The van der Waals surface area contributed by atoms with Crippen molar-refractivity contribution in [1.29, 1.82) is 0 Å². The van der Waals surface area contributed by atoms with Crippen molar-refractivity contribution in [2.75, 3.05) is 0 Å². The first kappa shape index (κ1) is 22.6. The predicted octanol–water partition coefficient (Wildman–Crippen LogP) is 7.30. The van der Waals surface area contributed by atoms with Gasteiger partial charge in [-0.05, 0) is 93.4 Å². The van der Waals surface area contributed by atoms with Crippen molar-refractivity contribution >= 4 is 14.7 Å². The Kier molecular flexibility index (Phi) is 9.80. The highest BCUT2D eigenvalue weighted by atomic mass is 28.2. The molecule has 0 spiro atoms. The third-order valence-electron chi connectivity index (χ3n) is 7.72. The third kappa shape index (κ3) is 7.28. The SMILES string of the molecule is C=CCC/C=C/C1CCC(C2CCC(c3ccc([SiH2]CCCC)cc3)CC2)CC1. The maximum atomic E-state index is 3.82. The summed E-state index contributed by atoms with van der Waals surface area (Å²) in [7, 11) is -0.0109. The van der Waals surface area contributed by atoms with Gasteiger partial charge in [0.1, 0.15) is 0 Å². The van der Waals surface area contributed by atoms with Gasteiger partial charge in [-0.2, -0.15) is 0 Å². The van der Waals surface area contributed by atoms with Crippen LogP contribution in [0, 0.1) is 17.8 Å². The number of hydrogen-bond acceptors (Lipinski definition) is 0. The van der Waals surface area contributed by atoms with Crippen molar-refractivity contribution < 1.29 is 0 Å². The monoisotopic (exact) mass is 408 g/mol. The molecule has 2 aliphatic rings. The smallest absolute Gasteiger partial charge is 0.0547 e. The highest BCUT2D eigenvalue weighted by Crippen LogP contribution is 2.44. The van der Waals surface area contributed by atoms with E-state index < -0.39 is 0 Å². The normalized spacial score (nSPS) is 28.3. The highest BCUT2D eigenvalue weighted by molar-refractivity contribution is 6.53. The molecule has 29 heavy (non-hydrogen) atoms. The summed E-state index contributed by atoms with van der Waals surface area (Å²) >= 11 is 0. The van der Waals surface area contributed by atoms with Crippen LogP contribution in [-0.4, -0.2) is 9.52 Å². The molecule has 1 heteroatoms. The first-order valence-corrected chi connectivity index (χ1v) is 14.4. The van der Waals surface area contributed by atoms with E-state index in [2.05, 4.69) is 49.9 Å². The Labute approximate surface area is 183 Å². The van der Waals surface area contributed by atoms with Crippen LogP contribution >= 0.6 is 0 Å². The molecule has 0 atom stereocenters. The van der Waals surface area contributed by atoms with E-state index in [0.717, 1.165) is 30.1 Å². The lowest BCUT2D eigenvalue weighted by atomic mass is 9.68. The van der Waals surface area contributed by atoms with Crippen molar-refractivity contribution in [3.8, 4) is 0 Å². The van der Waals surface area contributed by atoms with Crippen LogP contribution < -0.4 is 5.19 Å². The van der Waals surface area contributed by atoms with E-state index in [4.69, 9.17) is 0 Å². The van der Waals surface area contributed by atoms with Crippen molar-refractivity contribution in [2.45, 2.75) is 95.9 Å². The van der Waals surface area contributed by atoms with Crippen LogP contribution in [0.15, 0.2) is 49.1 Å². The molecule has 1 aromatic carbocycles. The molecule has 160 valence electrons. The maximum absolute atomic E-state index is 3.82. The molecule has 0 unspecified atom stereocenters. The molecule has 2 saturated carbocycles. The van der Waals surface area contributed by atoms with Gasteiger partial charge in [0.2, 0.25) is 0 Å². The molecular formula is C28H44Si. The molecule has 0 aromatic heterocycles. The minimum atomic E-state index is -0.0109. The second-order valence-electron chi connectivity index (χ2n) is 9.78. The van der Waals surface area contributed by atoms with Crippen LogP contribution in [0.4, 0.5) is 0 Å². The number of unbranched alkanes of at least 4 members (excludes halogenated alkanes) is 2. The van der Waals surface area contributed by atoms with Gasteiger partial charge in [-0.15, -0.1) is 6.58 Å². The molecule has 0 aliphatic heterocycles. The summed E-state index contributed by atoms with van der Waals surface area (Å²) in [5.74, 6) is 3.71. The van der Waals surface area contributed by atoms with Gasteiger partial charge >= 0.3 is 0 Å². The van der Waals surface area contributed by atoms with Crippen molar-refractivity contribution in [3.63, 3.8) is 0 Å². The van der Waals surface area contributed by atoms with Crippen LogP contribution in [0.5, 0.6) is 0 Å². The largest absolute Gasteiger partial charge is 0.103 e. The van der Waals surface area contributed by atoms with Gasteiger partial charge in [-0.1, -0.05) is 73.5 Å². The van der Waals surface area contributed by atoms with Gasteiger partial charge < -0.3 is 0 Å². The Balaban J connectivity index is 1.38. The topological polar surface area (TPSA) is 0 Å². The van der Waals surface area contributed by atoms with Gasteiger partial charge in [0.15, 0.2) is 0 Å². The van der Waals surface area contributed by atoms with Gasteiger partial charge in [0.25, 0.3) is 0 Å². The molecule has 1 aromatic rings. The second kappa shape index (κ2) is 12.6. The van der Waals surface area contributed by atoms with E-state index in [-0.39, 0.29) is 9.52 Å². The summed E-state index contributed by atoms with van der Waals surface area (Å²) in [6.45, 7) is 6.12. The number of rotatable bonds is 10. The zero-order valence-electron chi connectivity index (χ0n) is 19.0. The minimum absolute atomic E-state index is 0.0109. The number of hydrogen-bond donors (Lipinski definition) is 0. The average Bonchev–Trinajstić information content (AvgIpc) is 2.78. The molecule has 0 saturated heterocycles. The van der Waals surface area contributed by atoms with Crippen LogP contribution in [0.1, 0.15) is 95.5 Å². The van der Waals surface area contributed by atoms with E-state index in [9.17, 15) is 0 Å². The van der Waals surface area contributed by atoms with Crippen LogP contribution in [0.3, 0.4) is 0 Å². The zero-order valence-corrected chi connectivity index (χ0v) is 20.4. The first-order chi connectivity index (χ1) is 14.3. The van der Waals surface area contributed by atoms with Crippen LogP contribution in [0.2, 0.25) is 6.04 Å². The maximum Gasteiger partial charge on any atom is 0.0547 e. The van der Waals surface area contributed by atoms with Gasteiger partial charge in [-0.3, -0.25) is 0 Å². The minimum Gasteiger partial charge on any atom is -0.103 e. The number of allylic oxidation sites excluding steroid dienone is 3. The summed E-state index contributed by atoms with van der Waals surface area (Å²) in [6, 6.07) is 11.4. The Bertz CT molecular complexity index is 598. The van der Waals surface area contributed by atoms with Crippen molar-refractivity contribution in [1.82, 2.24) is 0 Å². The van der Waals surface area contributed by atoms with Crippen molar-refractivity contribution in [3.05, 3.63) is 54.6 Å². The van der Waals surface area contributed by atoms with E-state index in [0.29, 0.717) is 0 Å². The molecule has 0 bridgehead atoms. The Morgan fingerprint density at radius 3 is 2.17 bits per heavy atom. The van der Waals surface area contributed by atoms with Crippen LogP contribution in [-0.2, 0) is 0 Å². The fourth-order valence-electron chi connectivity index (χ4n) is 5.77. The molecular weight excluding hydrogens is 364 g/mol. The quantitative estimate of drug-likeness (QED) is 0.216. The van der Waals surface area contributed by atoms with Gasteiger partial charge in [0.05, 0.1) is 9.52 Å². The first-order valence-electron chi connectivity index (χ1n) is 12.7. The molecule has 2 fully saturated rings. The Hall–Kier alpha value is -1.08. The Morgan fingerprint density at radius 1 is 0.897 bits per heavy atom. The lowest BCUT2D eigenvalue weighted by Crippen LogP contribution is -2.25. The molecule has 0 radical (unpaired) electrons. The van der Waals surface area contributed by atoms with Crippen molar-refractivity contribution in [2.24, 2.45) is 17.8 Å². The second-order valence-corrected chi connectivity index (χ2v) is 11.8. The fourth-order valence-corrected chi connectivity index (χ4v) is 7.50. The molecule has 0 amide bonds. The number of benzene rings is 1. The molecule has 3 rings (SSSR count). The molecule has 0 N–H and O–H groups in total. The predicted molar refractivity (Wildman–Crippen MR) is 133 cm³/mol. The molecule has 0 nitrogen and oxygen atoms in total. The summed E-state index contributed by atoms with van der Waals surface area (Å²) in [6.07, 6.45) is 23.6. The standard InChI is InChI=1S/C28H44Si/c1-3-5-7-8-9-23-10-12-24(13-11-23)25-14-16-26(17-15-25)27-18-20-28(21-19-27)29-22-6-4-2/h3,8-9,18-21,23-26H,1,4-7,10-17,22,29H2,2H3/b9-8+. The third-order valence-corrected chi connectivity index (χ3v) is 9.62. The summed E-state index contributed by atoms with van der Waals surface area (Å²) in [5.41, 5.74) is 1.63. The van der Waals surface area contributed by atoms with E-state index in [1.807, 2.05) is 6.08 Å². The molecule has 0 heterocycles. The lowest BCUT2D eigenvalue weighted by molar-refractivity contribution is 0.171.